The number of benzene rings is 2. The van der Waals surface area contributed by atoms with Gasteiger partial charge in [0.25, 0.3) is 10.0 Å². The molecule has 0 bridgehead atoms. The molecule has 0 saturated heterocycles. The Labute approximate surface area is 127 Å². The number of nitrogen functional groups attached to an aromatic ring is 1. The minimum absolute atomic E-state index is 0.00268. The van der Waals surface area contributed by atoms with E-state index in [0.29, 0.717) is 5.56 Å². The van der Waals surface area contributed by atoms with Gasteiger partial charge in [0.15, 0.2) is 0 Å². The molecule has 7 heteroatoms. The minimum atomic E-state index is -3.91. The van der Waals surface area contributed by atoms with Crippen LogP contribution in [0.25, 0.3) is 0 Å². The van der Waals surface area contributed by atoms with Gasteiger partial charge in [-0.15, -0.1) is 0 Å². The topological polar surface area (TPSA) is 72.2 Å². The summed E-state index contributed by atoms with van der Waals surface area (Å²) in [5, 5.41) is -0.0255. The van der Waals surface area contributed by atoms with Crippen molar-refractivity contribution in [3.63, 3.8) is 0 Å². The molecule has 3 N–H and O–H groups in total. The van der Waals surface area contributed by atoms with Crippen molar-refractivity contribution in [3.8, 4) is 0 Å². The van der Waals surface area contributed by atoms with Crippen molar-refractivity contribution in [1.82, 2.24) is 0 Å². The Morgan fingerprint density at radius 1 is 1.19 bits per heavy atom. The summed E-state index contributed by atoms with van der Waals surface area (Å²) in [6.45, 7) is 3.46. The van der Waals surface area contributed by atoms with E-state index < -0.39 is 15.8 Å². The third-order valence-electron chi connectivity index (χ3n) is 3.15. The van der Waals surface area contributed by atoms with E-state index >= 15 is 0 Å². The molecule has 0 unspecified atom stereocenters. The fourth-order valence-electron chi connectivity index (χ4n) is 1.94. The van der Waals surface area contributed by atoms with Gasteiger partial charge in [-0.05, 0) is 49.2 Å². The molecule has 21 heavy (non-hydrogen) atoms. The van der Waals surface area contributed by atoms with E-state index in [1.807, 2.05) is 0 Å². The monoisotopic (exact) mass is 328 g/mol. The zero-order chi connectivity index (χ0) is 15.8. The van der Waals surface area contributed by atoms with Gasteiger partial charge in [-0.25, -0.2) is 12.8 Å². The molecule has 2 aromatic carbocycles. The number of halogens is 2. The second-order valence-corrected chi connectivity index (χ2v) is 6.68. The third kappa shape index (κ3) is 3.11. The van der Waals surface area contributed by atoms with Crippen molar-refractivity contribution in [2.75, 3.05) is 10.5 Å². The Bertz CT molecular complexity index is 807. The second kappa shape index (κ2) is 5.54. The molecule has 2 aromatic rings. The maximum Gasteiger partial charge on any atom is 0.264 e. The van der Waals surface area contributed by atoms with Crippen molar-refractivity contribution < 1.29 is 12.8 Å². The molecule has 0 fully saturated rings. The lowest BCUT2D eigenvalue weighted by Gasteiger charge is -2.15. The molecule has 112 valence electrons. The normalized spacial score (nSPS) is 11.4. The minimum Gasteiger partial charge on any atom is -0.398 e. The number of nitrogens with two attached hydrogens (primary N) is 1. The van der Waals surface area contributed by atoms with Crippen LogP contribution in [-0.4, -0.2) is 8.42 Å². The molecule has 0 radical (unpaired) electrons. The Morgan fingerprint density at radius 3 is 2.48 bits per heavy atom. The summed E-state index contributed by atoms with van der Waals surface area (Å²) < 4.78 is 40.3. The van der Waals surface area contributed by atoms with Crippen LogP contribution in [0, 0.1) is 19.7 Å². The molecular formula is C14H14ClFN2O2S. The lowest BCUT2D eigenvalue weighted by Crippen LogP contribution is -2.17. The first-order valence-corrected chi connectivity index (χ1v) is 7.92. The summed E-state index contributed by atoms with van der Waals surface area (Å²) in [5.74, 6) is -0.547. The predicted molar refractivity (Wildman–Crippen MR) is 82.5 cm³/mol. The van der Waals surface area contributed by atoms with E-state index in [9.17, 15) is 12.8 Å². The van der Waals surface area contributed by atoms with Crippen LogP contribution in [0.1, 0.15) is 11.1 Å². The Hall–Kier alpha value is -1.79. The molecule has 0 aliphatic heterocycles. The number of anilines is 2. The second-order valence-electron chi connectivity index (χ2n) is 4.66. The number of nitrogens with one attached hydrogen (secondary N) is 1. The SMILES string of the molecule is Cc1ccc(N)c(S(=O)(=O)Nc2ccc(F)cc2Cl)c1C. The van der Waals surface area contributed by atoms with Crippen LogP contribution < -0.4 is 10.5 Å². The summed E-state index contributed by atoms with van der Waals surface area (Å²) in [6.07, 6.45) is 0. The highest BCUT2D eigenvalue weighted by molar-refractivity contribution is 7.93. The molecule has 0 saturated carbocycles. The number of sulfonamides is 1. The van der Waals surface area contributed by atoms with Crippen molar-refractivity contribution >= 4 is 33.0 Å². The van der Waals surface area contributed by atoms with Crippen LogP contribution in [0.5, 0.6) is 0 Å². The van der Waals surface area contributed by atoms with Crippen LogP contribution in [0.4, 0.5) is 15.8 Å². The van der Waals surface area contributed by atoms with Gasteiger partial charge in [-0.3, -0.25) is 4.72 Å². The zero-order valence-corrected chi connectivity index (χ0v) is 13.0. The Kier molecular flexibility index (Phi) is 4.11. The van der Waals surface area contributed by atoms with E-state index in [2.05, 4.69) is 4.72 Å². The standard InChI is InChI=1S/C14H14ClFN2O2S/c1-8-3-5-12(17)14(9(8)2)21(19,20)18-13-6-4-10(16)7-11(13)15/h3-7,18H,17H2,1-2H3. The van der Waals surface area contributed by atoms with Crippen LogP contribution in [-0.2, 0) is 10.0 Å². The molecule has 0 aliphatic carbocycles. The molecule has 0 aromatic heterocycles. The van der Waals surface area contributed by atoms with Crippen molar-refractivity contribution in [2.24, 2.45) is 0 Å². The lowest BCUT2D eigenvalue weighted by molar-refractivity contribution is 0.600. The van der Waals surface area contributed by atoms with E-state index in [0.717, 1.165) is 17.7 Å². The highest BCUT2D eigenvalue weighted by Crippen LogP contribution is 2.30. The fourth-order valence-corrected chi connectivity index (χ4v) is 3.72. The van der Waals surface area contributed by atoms with Crippen molar-refractivity contribution in [2.45, 2.75) is 18.7 Å². The van der Waals surface area contributed by atoms with Crippen LogP contribution >= 0.6 is 11.6 Å². The summed E-state index contributed by atoms with van der Waals surface area (Å²) >= 11 is 5.84. The van der Waals surface area contributed by atoms with Gasteiger partial charge in [-0.2, -0.15) is 0 Å². The average molecular weight is 329 g/mol. The maximum absolute atomic E-state index is 13.0. The summed E-state index contributed by atoms with van der Waals surface area (Å²) in [4.78, 5) is 0.00268. The van der Waals surface area contributed by atoms with Gasteiger partial charge in [0.1, 0.15) is 10.7 Å². The smallest absolute Gasteiger partial charge is 0.264 e. The highest BCUT2D eigenvalue weighted by atomic mass is 35.5. The van der Waals surface area contributed by atoms with Gasteiger partial charge in [-0.1, -0.05) is 17.7 Å². The first-order valence-electron chi connectivity index (χ1n) is 6.06. The van der Waals surface area contributed by atoms with Crippen molar-refractivity contribution in [1.29, 1.82) is 0 Å². The Balaban J connectivity index is 2.51. The van der Waals surface area contributed by atoms with E-state index in [1.165, 1.54) is 12.1 Å². The quantitative estimate of drug-likeness (QED) is 0.847. The largest absolute Gasteiger partial charge is 0.398 e. The van der Waals surface area contributed by atoms with Crippen molar-refractivity contribution in [3.05, 3.63) is 52.3 Å². The summed E-state index contributed by atoms with van der Waals surface area (Å²) in [6, 6.07) is 6.69. The van der Waals surface area contributed by atoms with Crippen LogP contribution in [0.3, 0.4) is 0 Å². The molecule has 0 atom stereocenters. The van der Waals surface area contributed by atoms with Gasteiger partial charge >= 0.3 is 0 Å². The summed E-state index contributed by atoms with van der Waals surface area (Å²) in [7, 11) is -3.91. The first kappa shape index (κ1) is 15.6. The molecular weight excluding hydrogens is 315 g/mol. The lowest BCUT2D eigenvalue weighted by atomic mass is 10.1. The fraction of sp³-hybridized carbons (Fsp3) is 0.143. The van der Waals surface area contributed by atoms with Gasteiger partial charge in [0, 0.05) is 0 Å². The van der Waals surface area contributed by atoms with Gasteiger partial charge < -0.3 is 5.73 Å². The van der Waals surface area contributed by atoms with Crippen LogP contribution in [0.15, 0.2) is 35.2 Å². The Morgan fingerprint density at radius 2 is 1.86 bits per heavy atom. The molecule has 4 nitrogen and oxygen atoms in total. The van der Waals surface area contributed by atoms with E-state index in [-0.39, 0.29) is 21.3 Å². The average Bonchev–Trinajstić information content (AvgIpc) is 2.37. The molecule has 2 rings (SSSR count). The summed E-state index contributed by atoms with van der Waals surface area (Å²) in [5.41, 5.74) is 7.38. The van der Waals surface area contributed by atoms with E-state index in [1.54, 1.807) is 19.9 Å². The molecule has 0 amide bonds. The number of hydrogen-bond acceptors (Lipinski definition) is 3. The van der Waals surface area contributed by atoms with Gasteiger partial charge in [0.05, 0.1) is 16.4 Å². The number of hydrogen-bond donors (Lipinski definition) is 2. The maximum atomic E-state index is 13.0. The number of rotatable bonds is 3. The van der Waals surface area contributed by atoms with E-state index in [4.69, 9.17) is 17.3 Å². The highest BCUT2D eigenvalue weighted by Gasteiger charge is 2.22. The molecule has 0 heterocycles. The number of aryl methyl sites for hydroxylation is 1. The predicted octanol–water partition coefficient (Wildman–Crippen LogP) is 3.48. The molecule has 0 spiro atoms. The van der Waals surface area contributed by atoms with Gasteiger partial charge in [0.2, 0.25) is 0 Å². The first-order chi connectivity index (χ1) is 9.72. The molecule has 0 aliphatic rings. The van der Waals surface area contributed by atoms with Crippen LogP contribution in [0.2, 0.25) is 5.02 Å². The zero-order valence-electron chi connectivity index (χ0n) is 11.4. The third-order valence-corrected chi connectivity index (χ3v) is 5.03.